The Morgan fingerprint density at radius 2 is 1.55 bits per heavy atom. The number of amides is 6. The highest BCUT2D eigenvalue weighted by molar-refractivity contribution is 7.89. The molecular formula is C45H68N8O10S. The second kappa shape index (κ2) is 24.1. The number of fused-ring (bicyclic) bond motifs is 5. The van der Waals surface area contributed by atoms with E-state index in [1.54, 1.807) is 0 Å². The predicted molar refractivity (Wildman–Crippen MR) is 242 cm³/mol. The van der Waals surface area contributed by atoms with Crippen molar-refractivity contribution in [3.05, 3.63) is 47.5 Å². The van der Waals surface area contributed by atoms with Gasteiger partial charge in [0.2, 0.25) is 45.5 Å². The number of unbranched alkanes of at least 4 members (excludes halogenated alkanes) is 8. The number of nitrogens with two attached hydrogens (primary N) is 2. The summed E-state index contributed by atoms with van der Waals surface area (Å²) in [7, 11) is -2.61. The molecule has 10 N–H and O–H groups in total. The molecule has 2 aromatic rings. The quantitative estimate of drug-likeness (QED) is 0.0842. The fraction of sp³-hybridized carbons (Fsp3) is 0.600. The molecule has 2 aliphatic rings. The maximum Gasteiger partial charge on any atom is 0.248 e. The Labute approximate surface area is 376 Å². The van der Waals surface area contributed by atoms with E-state index in [1.807, 2.05) is 0 Å². The number of benzene rings is 2. The molecule has 4 rings (SSSR count). The van der Waals surface area contributed by atoms with Crippen molar-refractivity contribution in [1.29, 1.82) is 0 Å². The van der Waals surface area contributed by atoms with Crippen LogP contribution in [0.5, 0.6) is 11.5 Å². The van der Waals surface area contributed by atoms with Crippen LogP contribution in [0.25, 0.3) is 11.1 Å². The van der Waals surface area contributed by atoms with Crippen molar-refractivity contribution in [1.82, 2.24) is 30.5 Å². The topological polar surface area (TPSA) is 284 Å². The van der Waals surface area contributed by atoms with Gasteiger partial charge in [-0.05, 0) is 87.9 Å². The smallest absolute Gasteiger partial charge is 0.248 e. The summed E-state index contributed by atoms with van der Waals surface area (Å²) in [5, 5.41) is 30.2. The number of likely N-dealkylation sites (N-methyl/N-ethyl adjacent to an activating group) is 1. The lowest BCUT2D eigenvalue weighted by molar-refractivity contribution is -0.141. The van der Waals surface area contributed by atoms with Crippen LogP contribution < -0.4 is 32.1 Å². The number of rotatable bonds is 21. The molecule has 0 spiro atoms. The van der Waals surface area contributed by atoms with Gasteiger partial charge in [-0.25, -0.2) is 13.1 Å². The number of primary amides is 1. The summed E-state index contributed by atoms with van der Waals surface area (Å²) in [6.07, 6.45) is 9.39. The molecule has 0 aromatic heterocycles. The van der Waals surface area contributed by atoms with Crippen molar-refractivity contribution < 1.29 is 47.4 Å². The van der Waals surface area contributed by atoms with Gasteiger partial charge in [-0.15, -0.1) is 0 Å². The number of phenolic OH excluding ortho intramolecular Hbond substituents is 2. The Morgan fingerprint density at radius 1 is 0.906 bits per heavy atom. The molecule has 64 heavy (non-hydrogen) atoms. The lowest BCUT2D eigenvalue weighted by atomic mass is 9.93. The third kappa shape index (κ3) is 14.1. The zero-order valence-electron chi connectivity index (χ0n) is 37.6. The number of phenols is 2. The molecule has 6 atom stereocenters. The number of nitrogens with one attached hydrogen (secondary N) is 4. The maximum absolute atomic E-state index is 14.5. The van der Waals surface area contributed by atoms with Crippen LogP contribution in [0.15, 0.2) is 36.4 Å². The van der Waals surface area contributed by atoms with Crippen LogP contribution in [0.4, 0.5) is 0 Å². The van der Waals surface area contributed by atoms with Gasteiger partial charge in [0.15, 0.2) is 0 Å². The first-order chi connectivity index (χ1) is 30.4. The molecule has 4 bridgehead atoms. The van der Waals surface area contributed by atoms with Crippen molar-refractivity contribution >= 4 is 45.5 Å². The van der Waals surface area contributed by atoms with Gasteiger partial charge in [-0.2, -0.15) is 0 Å². The molecular weight excluding hydrogens is 845 g/mol. The molecule has 6 unspecified atom stereocenters. The number of nitrogens with zero attached hydrogens (tertiary/aromatic N) is 2. The molecule has 19 heteroatoms. The Kier molecular flexibility index (Phi) is 19.4. The molecule has 2 aromatic carbocycles. The summed E-state index contributed by atoms with van der Waals surface area (Å²) in [4.78, 5) is 84.3. The molecule has 18 nitrogen and oxygen atoms in total. The molecule has 0 radical (unpaired) electrons. The van der Waals surface area contributed by atoms with E-state index in [1.165, 1.54) is 68.6 Å². The second-order valence-electron chi connectivity index (χ2n) is 17.0. The third-order valence-corrected chi connectivity index (χ3v) is 13.4. The Balaban J connectivity index is 1.65. The fourth-order valence-electron chi connectivity index (χ4n) is 8.27. The standard InChI is InChI=1S/C45H68N8O10S/c1-5-6-7-8-9-10-11-14-24-64(62,63)51-34(16-12-13-22-46)45(61)52(4)39-31-19-21-38(55)33(27-31)32-25-30(18-20-37(32)54)26-35(50-41(57)28(2)48-43(39)59)42(58)49-29(3)44(60)53-23-15-17-36(53)40(47)56/h18-21,25,27-29,34-36,39,51,54-55H,5-17,22-24,26,46H2,1-4H3,(H2,47,56)(H,48,59)(H,49,58)(H,50,57). The molecule has 1 fully saturated rings. The van der Waals surface area contributed by atoms with Gasteiger partial charge >= 0.3 is 0 Å². The van der Waals surface area contributed by atoms with Crippen molar-refractivity contribution in [3.8, 4) is 22.6 Å². The van der Waals surface area contributed by atoms with E-state index in [9.17, 15) is 47.4 Å². The molecule has 0 aliphatic carbocycles. The molecule has 354 valence electrons. The van der Waals surface area contributed by atoms with Crippen LogP contribution in [0, 0.1) is 0 Å². The van der Waals surface area contributed by atoms with E-state index in [0.717, 1.165) is 43.4 Å². The van der Waals surface area contributed by atoms with Crippen molar-refractivity contribution in [2.24, 2.45) is 11.5 Å². The lowest BCUT2D eigenvalue weighted by Crippen LogP contribution is -2.58. The second-order valence-corrected chi connectivity index (χ2v) is 18.9. The first kappa shape index (κ1) is 51.4. The van der Waals surface area contributed by atoms with Crippen molar-refractivity contribution in [3.63, 3.8) is 0 Å². The number of aromatic hydroxyl groups is 2. The molecule has 1 saturated heterocycles. The van der Waals surface area contributed by atoms with E-state index in [-0.39, 0.29) is 53.3 Å². The van der Waals surface area contributed by atoms with E-state index < -0.39 is 81.7 Å². The zero-order valence-corrected chi connectivity index (χ0v) is 38.4. The maximum atomic E-state index is 14.5. The van der Waals surface area contributed by atoms with Gasteiger partial charge in [0.05, 0.1) is 5.75 Å². The number of likely N-dealkylation sites (tertiary alicyclic amines) is 1. The minimum atomic E-state index is -3.94. The molecule has 0 saturated carbocycles. The van der Waals surface area contributed by atoms with Gasteiger partial charge in [0.25, 0.3) is 0 Å². The number of hydrogen-bond acceptors (Lipinski definition) is 11. The van der Waals surface area contributed by atoms with Crippen LogP contribution in [0.1, 0.15) is 121 Å². The number of carbonyl (C=O) groups is 6. The predicted octanol–water partition coefficient (Wildman–Crippen LogP) is 2.35. The Hall–Kier alpha value is -5.27. The summed E-state index contributed by atoms with van der Waals surface area (Å²) in [5.74, 6) is -5.06. The van der Waals surface area contributed by atoms with E-state index in [4.69, 9.17) is 11.5 Å². The van der Waals surface area contributed by atoms with Gasteiger partial charge in [0.1, 0.15) is 47.8 Å². The van der Waals surface area contributed by atoms with Crippen LogP contribution in [0.2, 0.25) is 0 Å². The van der Waals surface area contributed by atoms with Crippen molar-refractivity contribution in [2.45, 2.75) is 147 Å². The molecule has 6 amide bonds. The third-order valence-electron chi connectivity index (χ3n) is 11.9. The highest BCUT2D eigenvalue weighted by Gasteiger charge is 2.38. The number of hydrogen-bond donors (Lipinski definition) is 8. The van der Waals surface area contributed by atoms with Gasteiger partial charge in [-0.3, -0.25) is 28.8 Å². The zero-order chi connectivity index (χ0) is 47.1. The first-order valence-electron chi connectivity index (χ1n) is 22.5. The summed E-state index contributed by atoms with van der Waals surface area (Å²) < 4.78 is 29.4. The summed E-state index contributed by atoms with van der Waals surface area (Å²) in [5.41, 5.74) is 12.0. The Bertz CT molecular complexity index is 2080. The van der Waals surface area contributed by atoms with Crippen LogP contribution in [-0.2, 0) is 45.2 Å². The van der Waals surface area contributed by atoms with Gasteiger partial charge < -0.3 is 47.4 Å². The Morgan fingerprint density at radius 3 is 2.20 bits per heavy atom. The number of sulfonamides is 1. The van der Waals surface area contributed by atoms with Crippen LogP contribution >= 0.6 is 0 Å². The summed E-state index contributed by atoms with van der Waals surface area (Å²) >= 11 is 0. The SMILES string of the molecule is CCCCCCCCCCS(=O)(=O)NC(CCCCN)C(=O)N(C)C1C(=O)NC(C)C(=O)NC(C(=O)NC(C)C(=O)N2CCCC2C(N)=O)Cc2ccc(O)c(c2)-c2cc1ccc2O. The lowest BCUT2D eigenvalue weighted by Gasteiger charge is -2.32. The highest BCUT2D eigenvalue weighted by Crippen LogP contribution is 2.39. The summed E-state index contributed by atoms with van der Waals surface area (Å²) in [6, 6.07) is 1.17. The van der Waals surface area contributed by atoms with Crippen molar-refractivity contribution in [2.75, 3.05) is 25.9 Å². The van der Waals surface area contributed by atoms with E-state index in [0.29, 0.717) is 44.2 Å². The minimum absolute atomic E-state index is 0.0741. The molecule has 2 aliphatic heterocycles. The largest absolute Gasteiger partial charge is 0.507 e. The van der Waals surface area contributed by atoms with E-state index in [2.05, 4.69) is 27.6 Å². The minimum Gasteiger partial charge on any atom is -0.507 e. The average Bonchev–Trinajstić information content (AvgIpc) is 3.75. The van der Waals surface area contributed by atoms with Gasteiger partial charge in [-0.1, -0.05) is 70.4 Å². The normalized spacial score (nSPS) is 20.0. The average molecular weight is 913 g/mol. The molecule has 2 heterocycles. The first-order valence-corrected chi connectivity index (χ1v) is 24.2. The summed E-state index contributed by atoms with van der Waals surface area (Å²) in [6.45, 7) is 5.56. The van der Waals surface area contributed by atoms with Crippen LogP contribution in [0.3, 0.4) is 0 Å². The fourth-order valence-corrected chi connectivity index (χ4v) is 9.62. The van der Waals surface area contributed by atoms with Crippen LogP contribution in [-0.4, -0.2) is 120 Å². The number of carbonyl (C=O) groups excluding carboxylic acids is 6. The van der Waals surface area contributed by atoms with E-state index >= 15 is 0 Å². The van der Waals surface area contributed by atoms with Gasteiger partial charge in [0, 0.05) is 31.1 Å². The monoisotopic (exact) mass is 912 g/mol. The highest BCUT2D eigenvalue weighted by atomic mass is 32.2.